The van der Waals surface area contributed by atoms with Crippen molar-refractivity contribution >= 4 is 5.69 Å². The second-order valence-corrected chi connectivity index (χ2v) is 5.25. The molecule has 0 saturated heterocycles. The first-order chi connectivity index (χ1) is 9.00. The Bertz CT molecular complexity index is 549. The summed E-state index contributed by atoms with van der Waals surface area (Å²) in [7, 11) is 0. The predicted molar refractivity (Wildman–Crippen MR) is 76.6 cm³/mol. The fourth-order valence-corrected chi connectivity index (χ4v) is 2.22. The van der Waals surface area contributed by atoms with E-state index >= 15 is 0 Å². The van der Waals surface area contributed by atoms with E-state index in [2.05, 4.69) is 42.4 Å². The van der Waals surface area contributed by atoms with Gasteiger partial charge in [-0.25, -0.2) is 4.68 Å². The number of hydrogen-bond donors (Lipinski definition) is 1. The molecular formula is C14H21N5. The molecule has 1 aromatic carbocycles. The van der Waals surface area contributed by atoms with E-state index in [9.17, 15) is 0 Å². The number of benzene rings is 1. The van der Waals surface area contributed by atoms with Crippen LogP contribution in [0.4, 0.5) is 5.69 Å². The zero-order chi connectivity index (χ0) is 14.0. The Labute approximate surface area is 113 Å². The highest BCUT2D eigenvalue weighted by molar-refractivity contribution is 5.62. The summed E-state index contributed by atoms with van der Waals surface area (Å²) < 4.78 is 1.92. The van der Waals surface area contributed by atoms with Gasteiger partial charge in [0.05, 0.1) is 5.54 Å². The summed E-state index contributed by atoms with van der Waals surface area (Å²) in [5, 5.41) is 12.2. The van der Waals surface area contributed by atoms with Crippen LogP contribution in [-0.4, -0.2) is 20.2 Å². The predicted octanol–water partition coefficient (Wildman–Crippen LogP) is 2.77. The molecule has 19 heavy (non-hydrogen) atoms. The summed E-state index contributed by atoms with van der Waals surface area (Å²) in [6.45, 7) is 8.50. The third-order valence-corrected chi connectivity index (χ3v) is 3.86. The molecule has 0 fully saturated rings. The molecule has 0 atom stereocenters. The van der Waals surface area contributed by atoms with Gasteiger partial charge in [-0.1, -0.05) is 13.8 Å². The lowest BCUT2D eigenvalue weighted by atomic mass is 9.95. The first-order valence-electron chi connectivity index (χ1n) is 6.66. The molecule has 2 N–H and O–H groups in total. The van der Waals surface area contributed by atoms with E-state index in [0.29, 0.717) is 0 Å². The van der Waals surface area contributed by atoms with Gasteiger partial charge in [0.15, 0.2) is 5.82 Å². The molecule has 0 unspecified atom stereocenters. The average molecular weight is 259 g/mol. The van der Waals surface area contributed by atoms with Crippen LogP contribution in [0.2, 0.25) is 0 Å². The van der Waals surface area contributed by atoms with Crippen molar-refractivity contribution in [2.45, 2.75) is 46.1 Å². The van der Waals surface area contributed by atoms with Crippen LogP contribution in [0.1, 0.15) is 39.2 Å². The second kappa shape index (κ2) is 4.99. The van der Waals surface area contributed by atoms with Crippen molar-refractivity contribution in [1.29, 1.82) is 0 Å². The zero-order valence-corrected chi connectivity index (χ0v) is 12.0. The van der Waals surface area contributed by atoms with Gasteiger partial charge in [0.25, 0.3) is 0 Å². The van der Waals surface area contributed by atoms with Gasteiger partial charge in [0, 0.05) is 11.3 Å². The Morgan fingerprint density at radius 2 is 1.89 bits per heavy atom. The minimum absolute atomic E-state index is 0.0721. The Hall–Kier alpha value is -1.91. The van der Waals surface area contributed by atoms with Crippen molar-refractivity contribution < 1.29 is 0 Å². The number of anilines is 1. The first-order valence-corrected chi connectivity index (χ1v) is 6.66. The van der Waals surface area contributed by atoms with Crippen LogP contribution in [0.15, 0.2) is 18.2 Å². The van der Waals surface area contributed by atoms with Gasteiger partial charge in [-0.3, -0.25) is 0 Å². The van der Waals surface area contributed by atoms with Crippen LogP contribution in [0.25, 0.3) is 11.4 Å². The molecule has 102 valence electrons. The molecule has 0 aliphatic rings. The zero-order valence-electron chi connectivity index (χ0n) is 12.0. The standard InChI is InChI=1S/C14H21N5/c1-5-14(4,6-2)19-13(16-17-18-19)11-7-10(3)8-12(15)9-11/h7-9H,5-6,15H2,1-4H3. The lowest BCUT2D eigenvalue weighted by molar-refractivity contribution is 0.262. The van der Waals surface area contributed by atoms with E-state index in [0.717, 1.165) is 35.5 Å². The minimum Gasteiger partial charge on any atom is -0.399 e. The summed E-state index contributed by atoms with van der Waals surface area (Å²) in [4.78, 5) is 0. The quantitative estimate of drug-likeness (QED) is 0.857. The molecule has 1 heterocycles. The highest BCUT2D eigenvalue weighted by Crippen LogP contribution is 2.29. The SMILES string of the molecule is CCC(C)(CC)n1nnnc1-c1cc(C)cc(N)c1. The number of aryl methyl sites for hydroxylation is 1. The molecule has 0 spiro atoms. The molecule has 2 rings (SSSR count). The third kappa shape index (κ3) is 2.45. The number of hydrogen-bond acceptors (Lipinski definition) is 4. The van der Waals surface area contributed by atoms with Gasteiger partial charge >= 0.3 is 0 Å². The van der Waals surface area contributed by atoms with Crippen molar-refractivity contribution in [2.24, 2.45) is 0 Å². The van der Waals surface area contributed by atoms with Crippen LogP contribution in [-0.2, 0) is 5.54 Å². The van der Waals surface area contributed by atoms with Gasteiger partial charge in [-0.2, -0.15) is 0 Å². The lowest BCUT2D eigenvalue weighted by Crippen LogP contribution is -2.30. The highest BCUT2D eigenvalue weighted by atomic mass is 15.6. The normalized spacial score (nSPS) is 11.8. The molecule has 0 aliphatic carbocycles. The van der Waals surface area contributed by atoms with Crippen LogP contribution >= 0.6 is 0 Å². The fraction of sp³-hybridized carbons (Fsp3) is 0.500. The van der Waals surface area contributed by atoms with Crippen LogP contribution in [0, 0.1) is 6.92 Å². The molecule has 2 aromatic rings. The Morgan fingerprint density at radius 1 is 1.21 bits per heavy atom. The highest BCUT2D eigenvalue weighted by Gasteiger charge is 2.27. The Morgan fingerprint density at radius 3 is 2.47 bits per heavy atom. The van der Waals surface area contributed by atoms with Crippen molar-refractivity contribution in [3.8, 4) is 11.4 Å². The van der Waals surface area contributed by atoms with E-state index in [1.807, 2.05) is 23.7 Å². The minimum atomic E-state index is -0.0721. The summed E-state index contributed by atoms with van der Waals surface area (Å²) in [6.07, 6.45) is 1.95. The van der Waals surface area contributed by atoms with Crippen LogP contribution in [0.3, 0.4) is 0 Å². The van der Waals surface area contributed by atoms with Gasteiger partial charge in [0.1, 0.15) is 0 Å². The first kappa shape index (κ1) is 13.5. The van der Waals surface area contributed by atoms with Crippen LogP contribution < -0.4 is 5.73 Å². The van der Waals surface area contributed by atoms with Crippen molar-refractivity contribution in [2.75, 3.05) is 5.73 Å². The number of tetrazole rings is 1. The third-order valence-electron chi connectivity index (χ3n) is 3.86. The Kier molecular flexibility index (Phi) is 3.55. The fourth-order valence-electron chi connectivity index (χ4n) is 2.22. The number of nitrogens with two attached hydrogens (primary N) is 1. The number of rotatable bonds is 4. The molecular weight excluding hydrogens is 238 g/mol. The molecule has 5 heteroatoms. The van der Waals surface area contributed by atoms with E-state index < -0.39 is 0 Å². The summed E-state index contributed by atoms with van der Waals surface area (Å²) >= 11 is 0. The van der Waals surface area contributed by atoms with E-state index in [-0.39, 0.29) is 5.54 Å². The molecule has 1 aromatic heterocycles. The molecule has 5 nitrogen and oxygen atoms in total. The largest absolute Gasteiger partial charge is 0.399 e. The van der Waals surface area contributed by atoms with Gasteiger partial charge in [0.2, 0.25) is 0 Å². The second-order valence-electron chi connectivity index (χ2n) is 5.25. The van der Waals surface area contributed by atoms with Gasteiger partial charge < -0.3 is 5.73 Å². The van der Waals surface area contributed by atoms with Crippen LogP contribution in [0.5, 0.6) is 0 Å². The van der Waals surface area contributed by atoms with Gasteiger partial charge in [-0.05, 0) is 60.9 Å². The van der Waals surface area contributed by atoms with E-state index in [4.69, 9.17) is 5.73 Å². The van der Waals surface area contributed by atoms with Gasteiger partial charge in [-0.15, -0.1) is 5.10 Å². The summed E-state index contributed by atoms with van der Waals surface area (Å²) in [6, 6.07) is 5.92. The number of nitrogens with zero attached hydrogens (tertiary/aromatic N) is 4. The Balaban J connectivity index is 2.56. The van der Waals surface area contributed by atoms with Crippen molar-refractivity contribution in [3.63, 3.8) is 0 Å². The summed E-state index contributed by atoms with van der Waals surface area (Å²) in [5.74, 6) is 0.779. The molecule has 0 bridgehead atoms. The van der Waals surface area contributed by atoms with Crippen molar-refractivity contribution in [1.82, 2.24) is 20.2 Å². The van der Waals surface area contributed by atoms with E-state index in [1.54, 1.807) is 0 Å². The topological polar surface area (TPSA) is 69.6 Å². The number of nitrogen functional groups attached to an aromatic ring is 1. The maximum atomic E-state index is 5.91. The van der Waals surface area contributed by atoms with E-state index in [1.165, 1.54) is 0 Å². The monoisotopic (exact) mass is 259 g/mol. The average Bonchev–Trinajstić information content (AvgIpc) is 2.86. The maximum absolute atomic E-state index is 5.91. The number of aromatic nitrogens is 4. The lowest BCUT2D eigenvalue weighted by Gasteiger charge is -2.27. The molecule has 0 aliphatic heterocycles. The van der Waals surface area contributed by atoms with Crippen molar-refractivity contribution in [3.05, 3.63) is 23.8 Å². The molecule has 0 radical (unpaired) electrons. The maximum Gasteiger partial charge on any atom is 0.182 e. The smallest absolute Gasteiger partial charge is 0.182 e. The molecule has 0 saturated carbocycles. The summed E-state index contributed by atoms with van der Waals surface area (Å²) in [5.41, 5.74) is 8.65. The molecule has 0 amide bonds.